The number of likely N-dealkylation sites (N-methyl/N-ethyl adjacent to an activating group) is 1. The van der Waals surface area contributed by atoms with Crippen LogP contribution in [0.5, 0.6) is 0 Å². The standard InChI is InChI=1S/C16H31N3O4.C11H13BN2O3.C2H6.CH4O2S/c1-11(2)12(9-20)19-14(22)8-18-13(21)7-16(5,6)23-10-15(3,4)17;1-13-6-10(15)14-9-4-2-8(3-5-9)7-17-11(12)16;1-2;1-4(2)3/h9,11-12H,7-8,10,17H2,1-6H3,(H,18,21)(H,19,22);2-5,13H,6-7H2,1H3,(H,14,15);1-2H3;1H3,(H,2,3). The van der Waals surface area contributed by atoms with Gasteiger partial charge < -0.3 is 45.8 Å². The maximum atomic E-state index is 11.9. The summed E-state index contributed by atoms with van der Waals surface area (Å²) in [5, 5.41) is 10.5. The fraction of sp³-hybridized carbons (Fsp3) is 0.633. The number of aldehydes is 1. The summed E-state index contributed by atoms with van der Waals surface area (Å²) in [6.45, 7) is 15.5. The lowest BCUT2D eigenvalue weighted by Gasteiger charge is -2.29. The van der Waals surface area contributed by atoms with Crippen molar-refractivity contribution in [1.82, 2.24) is 16.0 Å². The smallest absolute Gasteiger partial charge is 0.239 e. The zero-order valence-corrected chi connectivity index (χ0v) is 29.7. The lowest BCUT2D eigenvalue weighted by Crippen LogP contribution is -2.46. The number of hydrogen-bond donors (Lipinski definition) is 6. The van der Waals surface area contributed by atoms with Crippen molar-refractivity contribution in [2.24, 2.45) is 11.7 Å². The lowest BCUT2D eigenvalue weighted by atomic mass is 10.0. The van der Waals surface area contributed by atoms with Gasteiger partial charge in [0.1, 0.15) is 24.0 Å². The van der Waals surface area contributed by atoms with Crippen LogP contribution in [-0.2, 0) is 46.3 Å². The average molecular weight is 672 g/mol. The second-order valence-corrected chi connectivity index (χ2v) is 12.1. The van der Waals surface area contributed by atoms with Gasteiger partial charge in [-0.05, 0) is 58.4 Å². The normalized spacial score (nSPS) is 11.8. The van der Waals surface area contributed by atoms with Crippen molar-refractivity contribution in [3.8, 4) is 0 Å². The highest BCUT2D eigenvalue weighted by atomic mass is 32.2. The highest BCUT2D eigenvalue weighted by molar-refractivity contribution is 7.78. The van der Waals surface area contributed by atoms with Gasteiger partial charge in [0.05, 0.1) is 37.8 Å². The molecule has 2 atom stereocenters. The minimum Gasteiger partial charge on any atom is -0.470 e. The Labute approximate surface area is 277 Å². The van der Waals surface area contributed by atoms with E-state index in [4.69, 9.17) is 27.1 Å². The summed E-state index contributed by atoms with van der Waals surface area (Å²) < 4.78 is 26.9. The van der Waals surface area contributed by atoms with Crippen LogP contribution in [0.3, 0.4) is 0 Å². The first-order chi connectivity index (χ1) is 21.2. The van der Waals surface area contributed by atoms with Crippen molar-refractivity contribution in [2.45, 2.75) is 85.6 Å². The van der Waals surface area contributed by atoms with Crippen molar-refractivity contribution in [1.29, 1.82) is 0 Å². The van der Waals surface area contributed by atoms with E-state index in [-0.39, 0.29) is 43.8 Å². The molecule has 1 rings (SSSR count). The monoisotopic (exact) mass is 671 g/mol. The van der Waals surface area contributed by atoms with Crippen LogP contribution in [0, 0.1) is 5.92 Å². The van der Waals surface area contributed by atoms with E-state index in [1.54, 1.807) is 45.2 Å². The van der Waals surface area contributed by atoms with Gasteiger partial charge in [0.2, 0.25) is 31.4 Å². The molecule has 0 aliphatic rings. The molecule has 1 aromatic carbocycles. The largest absolute Gasteiger partial charge is 0.470 e. The number of carbonyl (C=O) groups excluding carboxylic acids is 5. The van der Waals surface area contributed by atoms with Crippen LogP contribution in [0.1, 0.15) is 67.4 Å². The van der Waals surface area contributed by atoms with Gasteiger partial charge >= 0.3 is 0 Å². The Morgan fingerprint density at radius 3 is 1.96 bits per heavy atom. The summed E-state index contributed by atoms with van der Waals surface area (Å²) in [4.78, 5) is 56.1. The van der Waals surface area contributed by atoms with E-state index in [0.29, 0.717) is 18.6 Å². The average Bonchev–Trinajstić information content (AvgIpc) is 2.94. The van der Waals surface area contributed by atoms with Crippen LogP contribution in [0.25, 0.3) is 0 Å². The number of benzene rings is 1. The quantitative estimate of drug-likeness (QED) is 0.0899. The van der Waals surface area contributed by atoms with Crippen LogP contribution < -0.4 is 27.0 Å². The van der Waals surface area contributed by atoms with Gasteiger partial charge in [-0.2, -0.15) is 0 Å². The fourth-order valence-corrected chi connectivity index (χ4v) is 2.86. The minimum absolute atomic E-state index is 0.000832. The molecular formula is C30H54BN5O9S. The third-order valence-electron chi connectivity index (χ3n) is 5.02. The number of nitrogens with one attached hydrogen (secondary N) is 4. The minimum atomic E-state index is -1.61. The molecule has 3 amide bonds. The molecule has 16 heteroatoms. The molecular weight excluding hydrogens is 617 g/mol. The molecule has 0 spiro atoms. The highest BCUT2D eigenvalue weighted by Crippen LogP contribution is 2.16. The zero-order chi connectivity index (χ0) is 36.5. The second kappa shape index (κ2) is 26.0. The van der Waals surface area contributed by atoms with Crippen LogP contribution in [0.4, 0.5) is 10.5 Å². The number of amides is 3. The number of carbonyl (C=O) groups is 5. The lowest BCUT2D eigenvalue weighted by molar-refractivity contribution is -0.131. The van der Waals surface area contributed by atoms with E-state index in [0.717, 1.165) is 5.56 Å². The third kappa shape index (κ3) is 30.8. The molecule has 0 fully saturated rings. The summed E-state index contributed by atoms with van der Waals surface area (Å²) >= 11 is -1.61. The topological polar surface area (TPSA) is 215 Å². The van der Waals surface area contributed by atoms with E-state index in [1.165, 1.54) is 6.26 Å². The van der Waals surface area contributed by atoms with Crippen LogP contribution >= 0.6 is 0 Å². The first-order valence-electron chi connectivity index (χ1n) is 14.6. The Hall–Kier alpha value is -3.18. The Morgan fingerprint density at radius 2 is 1.54 bits per heavy atom. The molecule has 0 heterocycles. The Kier molecular flexibility index (Phi) is 26.7. The fourth-order valence-electron chi connectivity index (χ4n) is 2.86. The van der Waals surface area contributed by atoms with Crippen LogP contribution in [0.2, 0.25) is 0 Å². The van der Waals surface area contributed by atoms with Gasteiger partial charge in [0, 0.05) is 17.5 Å². The number of hydrogen-bond acceptors (Lipinski definition) is 10. The van der Waals surface area contributed by atoms with Gasteiger partial charge in [-0.3, -0.25) is 19.2 Å². The molecule has 7 N–H and O–H groups in total. The maximum absolute atomic E-state index is 11.9. The summed E-state index contributed by atoms with van der Waals surface area (Å²) in [5.41, 5.74) is 6.18. The van der Waals surface area contributed by atoms with Gasteiger partial charge in [-0.15, -0.1) is 0 Å². The molecule has 46 heavy (non-hydrogen) atoms. The summed E-state index contributed by atoms with van der Waals surface area (Å²) in [6.07, 6.45) is 1.99. The van der Waals surface area contributed by atoms with Gasteiger partial charge in [0.15, 0.2) is 0 Å². The third-order valence-corrected chi connectivity index (χ3v) is 5.02. The molecule has 0 saturated carbocycles. The molecule has 1 aromatic rings. The maximum Gasteiger partial charge on any atom is 0.239 e. The second-order valence-electron chi connectivity index (χ2n) is 11.3. The molecule has 262 valence electrons. The van der Waals surface area contributed by atoms with E-state index < -0.39 is 40.0 Å². The molecule has 2 unspecified atom stereocenters. The van der Waals surface area contributed by atoms with E-state index in [9.17, 15) is 24.0 Å². The molecule has 0 aliphatic heterocycles. The van der Waals surface area contributed by atoms with Gasteiger partial charge in [0.25, 0.3) is 0 Å². The predicted molar refractivity (Wildman–Crippen MR) is 182 cm³/mol. The van der Waals surface area contributed by atoms with Gasteiger partial charge in [-0.1, -0.05) is 39.8 Å². The van der Waals surface area contributed by atoms with E-state index >= 15 is 0 Å². The van der Waals surface area contributed by atoms with Gasteiger partial charge in [-0.25, -0.2) is 4.21 Å². The van der Waals surface area contributed by atoms with E-state index in [1.807, 2.05) is 41.5 Å². The zero-order valence-electron chi connectivity index (χ0n) is 28.9. The number of ether oxygens (including phenoxy) is 2. The summed E-state index contributed by atoms with van der Waals surface area (Å²) in [5.74, 6) is -1.62. The van der Waals surface area contributed by atoms with Crippen molar-refractivity contribution in [2.75, 3.05) is 38.3 Å². The summed E-state index contributed by atoms with van der Waals surface area (Å²) in [7, 11) is 6.54. The Morgan fingerprint density at radius 1 is 1.02 bits per heavy atom. The van der Waals surface area contributed by atoms with Crippen molar-refractivity contribution >= 4 is 54.5 Å². The first kappa shape index (κ1) is 47.2. The molecule has 0 bridgehead atoms. The number of anilines is 1. The predicted octanol–water partition coefficient (Wildman–Crippen LogP) is 1.88. The van der Waals surface area contributed by atoms with Crippen molar-refractivity contribution < 1.29 is 42.2 Å². The molecule has 0 aromatic heterocycles. The van der Waals surface area contributed by atoms with Crippen molar-refractivity contribution in [3.63, 3.8) is 0 Å². The SMILES string of the molecule is CC.CC(C)C(C=O)NC(=O)CNC(=O)CC(C)(C)OCC(C)(C)N.CS(=O)O.[B]C(=O)OCc1ccc(NC(=O)CNC)cc1. The molecule has 0 aliphatic carbocycles. The summed E-state index contributed by atoms with van der Waals surface area (Å²) in [6, 6.07) is 6.40. The first-order valence-corrected chi connectivity index (χ1v) is 16.1. The van der Waals surface area contributed by atoms with Crippen molar-refractivity contribution in [3.05, 3.63) is 29.8 Å². The van der Waals surface area contributed by atoms with Crippen LogP contribution in [-0.4, -0.2) is 96.7 Å². The highest BCUT2D eigenvalue weighted by Gasteiger charge is 2.26. The Balaban J connectivity index is -0.000000704. The Bertz CT molecular complexity index is 1060. The number of rotatable bonds is 15. The molecule has 14 nitrogen and oxygen atoms in total. The molecule has 0 saturated heterocycles. The van der Waals surface area contributed by atoms with E-state index in [2.05, 4.69) is 26.0 Å². The number of nitrogens with two attached hydrogens (primary N) is 1. The van der Waals surface area contributed by atoms with Crippen LogP contribution in [0.15, 0.2) is 24.3 Å². The molecule has 2 radical (unpaired) electrons.